The molecular weight excluding hydrogens is 720 g/mol. The molecule has 0 amide bonds. The predicted molar refractivity (Wildman–Crippen MR) is 174 cm³/mol. The lowest BCUT2D eigenvalue weighted by Crippen LogP contribution is -2.33. The molecule has 22 nitrogen and oxygen atoms in total. The fraction of sp³-hybridized carbons (Fsp3) is 0.444. The zero-order valence-corrected chi connectivity index (χ0v) is 28.6. The van der Waals surface area contributed by atoms with E-state index < -0.39 is 70.8 Å². The molecule has 274 valence electrons. The molecule has 6 rings (SSSR count). The van der Waals surface area contributed by atoms with Crippen molar-refractivity contribution in [2.24, 2.45) is 0 Å². The number of imidazole rings is 1. The Morgan fingerprint density at radius 2 is 1.76 bits per heavy atom. The van der Waals surface area contributed by atoms with Crippen LogP contribution in [0.4, 0.5) is 5.82 Å². The minimum Gasteiger partial charge on any atom is -0.391 e. The molecule has 24 heteroatoms. The molecule has 1 saturated heterocycles. The lowest BCUT2D eigenvalue weighted by atomic mass is 10.1. The number of H-pyrrole nitrogens is 1. The van der Waals surface area contributed by atoms with Crippen LogP contribution in [0.1, 0.15) is 30.2 Å². The van der Waals surface area contributed by atoms with Gasteiger partial charge in [0.1, 0.15) is 30.2 Å². The van der Waals surface area contributed by atoms with Crippen LogP contribution in [0.25, 0.3) is 33.7 Å². The number of hydrogen-bond acceptors (Lipinski definition) is 17. The van der Waals surface area contributed by atoms with Gasteiger partial charge in [0.05, 0.1) is 43.2 Å². The first-order valence-electron chi connectivity index (χ1n) is 15.2. The third-order valence-corrected chi connectivity index (χ3v) is 10.8. The molecule has 7 atom stereocenters. The number of benzene rings is 1. The number of nitrogens with zero attached hydrogens (tertiary/aromatic N) is 7. The van der Waals surface area contributed by atoms with Crippen molar-refractivity contribution in [1.29, 1.82) is 0 Å². The SMILES string of the molecule is Cc1cc2nc3c(=O)[nH]c(=O)nc-3n(CC(O)CCCOP(=O)(O)OP(=O)(O)OC[C@H]3O[C@@H](n4cnc5c(N)ncnc54)C(O)[C@H]3O)c2cc1C. The van der Waals surface area contributed by atoms with Gasteiger partial charge in [0.2, 0.25) is 0 Å². The van der Waals surface area contributed by atoms with E-state index in [1.165, 1.54) is 15.5 Å². The highest BCUT2D eigenvalue weighted by molar-refractivity contribution is 7.61. The molecule has 5 heterocycles. The second-order valence-corrected chi connectivity index (χ2v) is 14.8. The van der Waals surface area contributed by atoms with E-state index in [0.29, 0.717) is 11.0 Å². The maximum Gasteiger partial charge on any atom is 0.481 e. The number of aliphatic hydroxyl groups is 3. The van der Waals surface area contributed by atoms with Crippen LogP contribution in [0.15, 0.2) is 34.4 Å². The maximum atomic E-state index is 12.5. The highest BCUT2D eigenvalue weighted by Crippen LogP contribution is 2.60. The number of fused-ring (bicyclic) bond motifs is 3. The Balaban J connectivity index is 1.03. The number of aromatic nitrogens is 8. The third kappa shape index (κ3) is 7.76. The number of nitrogen functional groups attached to an aromatic ring is 1. The van der Waals surface area contributed by atoms with E-state index in [-0.39, 0.29) is 47.9 Å². The number of aryl methyl sites for hydroxylation is 2. The number of nitrogens with two attached hydrogens (primary N) is 1. The molecule has 4 unspecified atom stereocenters. The summed E-state index contributed by atoms with van der Waals surface area (Å²) in [5.74, 6) is 0.0157. The number of aliphatic hydroxyl groups excluding tert-OH is 3. The van der Waals surface area contributed by atoms with Crippen molar-refractivity contribution in [2.45, 2.75) is 63.9 Å². The van der Waals surface area contributed by atoms with Crippen LogP contribution >= 0.6 is 15.6 Å². The summed E-state index contributed by atoms with van der Waals surface area (Å²) in [5.41, 5.74) is 7.13. The first-order chi connectivity index (χ1) is 24.0. The molecule has 1 aromatic carbocycles. The van der Waals surface area contributed by atoms with E-state index >= 15 is 0 Å². The molecule has 0 spiro atoms. The number of nitrogens with one attached hydrogen (secondary N) is 1. The van der Waals surface area contributed by atoms with Crippen LogP contribution < -0.4 is 17.0 Å². The highest BCUT2D eigenvalue weighted by atomic mass is 31.3. The first kappa shape index (κ1) is 36.7. The van der Waals surface area contributed by atoms with Crippen molar-refractivity contribution in [3.63, 3.8) is 0 Å². The van der Waals surface area contributed by atoms with E-state index in [4.69, 9.17) is 19.5 Å². The molecule has 0 bridgehead atoms. The summed E-state index contributed by atoms with van der Waals surface area (Å²) in [7, 11) is -10.5. The predicted octanol–water partition coefficient (Wildman–Crippen LogP) is -0.366. The summed E-state index contributed by atoms with van der Waals surface area (Å²) in [6, 6.07) is 3.54. The largest absolute Gasteiger partial charge is 0.481 e. The maximum absolute atomic E-state index is 12.5. The Kier molecular flexibility index (Phi) is 10.2. The summed E-state index contributed by atoms with van der Waals surface area (Å²) in [5, 5.41) is 31.9. The number of aromatic amines is 1. The number of hydrogen-bond donors (Lipinski definition) is 7. The molecule has 51 heavy (non-hydrogen) atoms. The van der Waals surface area contributed by atoms with Crippen molar-refractivity contribution >= 4 is 43.7 Å². The molecule has 2 aromatic heterocycles. The van der Waals surface area contributed by atoms with E-state index in [9.17, 15) is 43.8 Å². The lowest BCUT2D eigenvalue weighted by molar-refractivity contribution is -0.0504. The van der Waals surface area contributed by atoms with Gasteiger partial charge in [-0.1, -0.05) is 0 Å². The van der Waals surface area contributed by atoms with Gasteiger partial charge in [0, 0.05) is 0 Å². The standard InChI is InChI=1S/C27H33N9O13P2/c1-12-6-15-16(7-13(12)2)35(24-19(32-15)25(40)34-27(41)33-24)8-14(37)4-3-5-46-50(42,43)49-51(44,45)47-9-17-20(38)21(39)26(48-17)36-11-31-18-22(28)29-10-30-23(18)36/h6-7,10-11,14,17,20-21,26,37-39H,3-5,8-9H2,1-2H3,(H,42,43)(H,44,45)(H2,28,29,30)(H,34,40,41)/t14?,17-,20+,21?,26-/m1/s1. The summed E-state index contributed by atoms with van der Waals surface area (Å²) < 4.78 is 47.2. The number of rotatable bonds is 13. The van der Waals surface area contributed by atoms with Gasteiger partial charge in [0.15, 0.2) is 29.2 Å². The summed E-state index contributed by atoms with van der Waals surface area (Å²) in [4.78, 5) is 66.9. The molecular formula is C27H33N9O13P2. The summed E-state index contributed by atoms with van der Waals surface area (Å²) in [6.07, 6.45) is -4.70. The average molecular weight is 754 g/mol. The quantitative estimate of drug-likeness (QED) is 0.0458. The van der Waals surface area contributed by atoms with E-state index in [1.807, 2.05) is 13.8 Å². The zero-order chi connectivity index (χ0) is 36.8. The smallest absolute Gasteiger partial charge is 0.391 e. The van der Waals surface area contributed by atoms with Gasteiger partial charge in [-0.3, -0.25) is 23.4 Å². The Morgan fingerprint density at radius 3 is 2.53 bits per heavy atom. The van der Waals surface area contributed by atoms with Gasteiger partial charge in [-0.05, 0) is 49.9 Å². The van der Waals surface area contributed by atoms with Gasteiger partial charge in [-0.15, -0.1) is 0 Å². The molecule has 0 aliphatic carbocycles. The molecule has 3 aliphatic rings. The Morgan fingerprint density at radius 1 is 1.04 bits per heavy atom. The van der Waals surface area contributed by atoms with Crippen LogP contribution in [0.5, 0.6) is 0 Å². The minimum atomic E-state index is -5.30. The normalized spacial score (nSPS) is 22.4. The second kappa shape index (κ2) is 14.2. The number of ether oxygens (including phenoxy) is 1. The van der Waals surface area contributed by atoms with Gasteiger partial charge in [-0.25, -0.2) is 33.9 Å². The van der Waals surface area contributed by atoms with Gasteiger partial charge >= 0.3 is 21.3 Å². The average Bonchev–Trinajstić information content (AvgIpc) is 3.60. The molecule has 3 aliphatic heterocycles. The molecule has 0 saturated carbocycles. The highest BCUT2D eigenvalue weighted by Gasteiger charge is 2.46. The van der Waals surface area contributed by atoms with Crippen LogP contribution in [-0.2, 0) is 33.8 Å². The Labute approximate surface area is 286 Å². The minimum absolute atomic E-state index is 0.0327. The van der Waals surface area contributed by atoms with Crippen LogP contribution in [0.3, 0.4) is 0 Å². The zero-order valence-electron chi connectivity index (χ0n) is 26.8. The number of anilines is 1. The monoisotopic (exact) mass is 753 g/mol. The first-order valence-corrected chi connectivity index (χ1v) is 18.2. The Bertz CT molecular complexity index is 2280. The van der Waals surface area contributed by atoms with Gasteiger partial charge in [-0.2, -0.15) is 9.29 Å². The molecule has 3 aromatic rings. The topological polar surface area (TPSA) is 322 Å². The van der Waals surface area contributed by atoms with E-state index in [2.05, 4.69) is 34.2 Å². The Hall–Kier alpha value is -4.05. The van der Waals surface area contributed by atoms with Crippen molar-refractivity contribution in [2.75, 3.05) is 18.9 Å². The van der Waals surface area contributed by atoms with Gasteiger partial charge < -0.3 is 40.1 Å². The van der Waals surface area contributed by atoms with Crippen LogP contribution in [0.2, 0.25) is 0 Å². The lowest BCUT2D eigenvalue weighted by Gasteiger charge is -2.21. The molecule has 0 radical (unpaired) electrons. The van der Waals surface area contributed by atoms with Crippen molar-refractivity contribution in [3.05, 3.63) is 56.8 Å². The third-order valence-electron chi connectivity index (χ3n) is 8.16. The number of phosphoric acid groups is 2. The summed E-state index contributed by atoms with van der Waals surface area (Å²) >= 11 is 0. The van der Waals surface area contributed by atoms with Crippen molar-refractivity contribution in [1.82, 2.24) is 39.0 Å². The van der Waals surface area contributed by atoms with E-state index in [1.54, 1.807) is 12.1 Å². The fourth-order valence-corrected chi connectivity index (χ4v) is 7.65. The van der Waals surface area contributed by atoms with E-state index in [0.717, 1.165) is 17.5 Å². The molecule has 1 fully saturated rings. The van der Waals surface area contributed by atoms with Crippen molar-refractivity contribution in [3.8, 4) is 11.5 Å². The fourth-order valence-electron chi connectivity index (χ4n) is 5.53. The number of phosphoric ester groups is 2. The van der Waals surface area contributed by atoms with Crippen LogP contribution in [-0.4, -0.2) is 102 Å². The molecule has 8 N–H and O–H groups in total. The second-order valence-electron chi connectivity index (χ2n) is 11.8. The van der Waals surface area contributed by atoms with Crippen molar-refractivity contribution < 1.29 is 52.3 Å². The van der Waals surface area contributed by atoms with Gasteiger partial charge in [0.25, 0.3) is 5.56 Å². The van der Waals surface area contributed by atoms with Crippen LogP contribution in [0, 0.1) is 13.8 Å². The summed E-state index contributed by atoms with van der Waals surface area (Å²) in [6.45, 7) is 2.20.